The summed E-state index contributed by atoms with van der Waals surface area (Å²) < 4.78 is 14.2. The van der Waals surface area contributed by atoms with Crippen LogP contribution in [0, 0.1) is 19.7 Å². The van der Waals surface area contributed by atoms with Crippen LogP contribution in [0.15, 0.2) is 65.8 Å². The second kappa shape index (κ2) is 8.93. The first-order valence-electron chi connectivity index (χ1n) is 9.45. The van der Waals surface area contributed by atoms with Gasteiger partial charge in [-0.05, 0) is 66.9 Å². The highest BCUT2D eigenvalue weighted by Crippen LogP contribution is 2.33. The fourth-order valence-electron chi connectivity index (χ4n) is 3.02. The maximum Gasteiger partial charge on any atom is 0.239 e. The van der Waals surface area contributed by atoms with E-state index in [2.05, 4.69) is 31.0 Å². The molecule has 2 aromatic carbocycles. The van der Waals surface area contributed by atoms with Crippen molar-refractivity contribution in [2.75, 3.05) is 10.7 Å². The van der Waals surface area contributed by atoms with Gasteiger partial charge in [-0.2, -0.15) is 0 Å². The van der Waals surface area contributed by atoms with Gasteiger partial charge in [0.1, 0.15) is 5.82 Å². The summed E-state index contributed by atoms with van der Waals surface area (Å²) in [6, 6.07) is 14.1. The van der Waals surface area contributed by atoms with Crippen LogP contribution in [-0.4, -0.2) is 21.6 Å². The predicted molar refractivity (Wildman–Crippen MR) is 122 cm³/mol. The summed E-state index contributed by atoms with van der Waals surface area (Å²) >= 11 is 2.90. The number of nitrogens with zero attached hydrogens (tertiary/aromatic N) is 3. The Kier molecular flexibility index (Phi) is 6.11. The van der Waals surface area contributed by atoms with E-state index in [1.165, 1.54) is 40.8 Å². The Balaban J connectivity index is 1.63. The average Bonchev–Trinajstić information content (AvgIpc) is 3.19. The molecule has 0 unspecified atom stereocenters. The Morgan fingerprint density at radius 2 is 1.93 bits per heavy atom. The number of amides is 1. The van der Waals surface area contributed by atoms with Gasteiger partial charge in [-0.3, -0.25) is 14.7 Å². The molecular formula is C23H20FN3OS2. The van der Waals surface area contributed by atoms with E-state index in [0.717, 1.165) is 26.2 Å². The van der Waals surface area contributed by atoms with Crippen molar-refractivity contribution in [1.29, 1.82) is 0 Å². The highest BCUT2D eigenvalue weighted by molar-refractivity contribution is 8.00. The third-order valence-electron chi connectivity index (χ3n) is 4.84. The molecule has 30 heavy (non-hydrogen) atoms. The minimum Gasteiger partial charge on any atom is -0.283 e. The quantitative estimate of drug-likeness (QED) is 0.359. The van der Waals surface area contributed by atoms with Crippen LogP contribution in [0.5, 0.6) is 0 Å². The van der Waals surface area contributed by atoms with Gasteiger partial charge in [-0.25, -0.2) is 9.37 Å². The summed E-state index contributed by atoms with van der Waals surface area (Å²) in [6.45, 7) is 4.51. The molecule has 0 aliphatic rings. The predicted octanol–water partition coefficient (Wildman–Crippen LogP) is 5.77. The lowest BCUT2D eigenvalue weighted by atomic mass is 10.1. The summed E-state index contributed by atoms with van der Waals surface area (Å²) in [4.78, 5) is 24.7. The average molecular weight is 438 g/mol. The summed E-state index contributed by atoms with van der Waals surface area (Å²) in [6.07, 6.45) is 3.47. The van der Waals surface area contributed by atoms with Gasteiger partial charge in [-0.1, -0.05) is 23.5 Å². The number of carbonyl (C=O) groups is 1. The molecule has 4 nitrogen and oxygen atoms in total. The van der Waals surface area contributed by atoms with Crippen molar-refractivity contribution in [3.8, 4) is 0 Å². The van der Waals surface area contributed by atoms with Gasteiger partial charge in [0.15, 0.2) is 5.13 Å². The van der Waals surface area contributed by atoms with E-state index < -0.39 is 0 Å². The van der Waals surface area contributed by atoms with Gasteiger partial charge in [0.25, 0.3) is 0 Å². The fraction of sp³-hybridized carbons (Fsp3) is 0.174. The Labute approximate surface area is 182 Å². The zero-order valence-electron chi connectivity index (χ0n) is 16.6. The van der Waals surface area contributed by atoms with Gasteiger partial charge in [0.05, 0.1) is 22.5 Å². The van der Waals surface area contributed by atoms with Crippen LogP contribution in [0.2, 0.25) is 0 Å². The highest BCUT2D eigenvalue weighted by atomic mass is 32.2. The molecule has 4 rings (SSSR count). The number of fused-ring (bicyclic) bond motifs is 1. The summed E-state index contributed by atoms with van der Waals surface area (Å²) in [5.41, 5.74) is 4.18. The van der Waals surface area contributed by atoms with E-state index in [-0.39, 0.29) is 17.5 Å². The molecule has 152 valence electrons. The van der Waals surface area contributed by atoms with Gasteiger partial charge < -0.3 is 0 Å². The third kappa shape index (κ3) is 4.52. The molecule has 0 bridgehead atoms. The molecular weight excluding hydrogens is 417 g/mol. The van der Waals surface area contributed by atoms with Crippen LogP contribution >= 0.6 is 23.1 Å². The Hall–Kier alpha value is -2.77. The number of anilines is 1. The molecule has 0 atom stereocenters. The number of aryl methyl sites for hydroxylation is 2. The molecule has 0 aliphatic heterocycles. The second-order valence-electron chi connectivity index (χ2n) is 6.93. The number of halogens is 1. The molecule has 2 heterocycles. The van der Waals surface area contributed by atoms with Crippen molar-refractivity contribution >= 4 is 44.4 Å². The second-order valence-corrected chi connectivity index (χ2v) is 8.99. The lowest BCUT2D eigenvalue weighted by Gasteiger charge is -2.19. The minimum atomic E-state index is -0.288. The van der Waals surface area contributed by atoms with Gasteiger partial charge in [0.2, 0.25) is 5.91 Å². The lowest BCUT2D eigenvalue weighted by molar-refractivity contribution is -0.116. The third-order valence-corrected chi connectivity index (χ3v) is 6.89. The number of carbonyl (C=O) groups excluding carboxylic acids is 1. The fourth-order valence-corrected chi connectivity index (χ4v) is 4.84. The van der Waals surface area contributed by atoms with Crippen LogP contribution in [0.4, 0.5) is 9.52 Å². The molecule has 2 aromatic heterocycles. The smallest absolute Gasteiger partial charge is 0.239 e. The number of hydrogen-bond donors (Lipinski definition) is 0. The van der Waals surface area contributed by atoms with Gasteiger partial charge in [0, 0.05) is 17.3 Å². The maximum absolute atomic E-state index is 13.2. The van der Waals surface area contributed by atoms with Crippen molar-refractivity contribution in [2.24, 2.45) is 0 Å². The van der Waals surface area contributed by atoms with E-state index in [0.29, 0.717) is 11.7 Å². The largest absolute Gasteiger partial charge is 0.283 e. The van der Waals surface area contributed by atoms with Crippen LogP contribution in [0.25, 0.3) is 10.2 Å². The molecule has 0 saturated carbocycles. The molecule has 4 aromatic rings. The molecule has 7 heteroatoms. The molecule has 0 saturated heterocycles. The molecule has 0 N–H and O–H groups in total. The van der Waals surface area contributed by atoms with Gasteiger partial charge in [-0.15, -0.1) is 11.8 Å². The van der Waals surface area contributed by atoms with Crippen LogP contribution in [0.1, 0.15) is 16.7 Å². The van der Waals surface area contributed by atoms with E-state index >= 15 is 0 Å². The first-order chi connectivity index (χ1) is 14.5. The van der Waals surface area contributed by atoms with Gasteiger partial charge >= 0.3 is 0 Å². The zero-order valence-corrected chi connectivity index (χ0v) is 18.3. The molecule has 0 aliphatic carbocycles. The van der Waals surface area contributed by atoms with E-state index in [9.17, 15) is 9.18 Å². The number of pyridine rings is 1. The number of rotatable bonds is 6. The van der Waals surface area contributed by atoms with Crippen molar-refractivity contribution in [3.63, 3.8) is 0 Å². The van der Waals surface area contributed by atoms with E-state index in [4.69, 9.17) is 4.98 Å². The monoisotopic (exact) mass is 437 g/mol. The molecule has 1 amide bonds. The Bertz CT molecular complexity index is 1180. The summed E-state index contributed by atoms with van der Waals surface area (Å²) in [5.74, 6) is -0.106. The van der Waals surface area contributed by atoms with Crippen molar-refractivity contribution in [1.82, 2.24) is 9.97 Å². The van der Waals surface area contributed by atoms with Crippen LogP contribution in [0.3, 0.4) is 0 Å². The first-order valence-corrected chi connectivity index (χ1v) is 11.3. The zero-order chi connectivity index (χ0) is 21.1. The first kappa shape index (κ1) is 20.5. The van der Waals surface area contributed by atoms with Crippen LogP contribution < -0.4 is 4.90 Å². The highest BCUT2D eigenvalue weighted by Gasteiger charge is 2.21. The normalized spacial score (nSPS) is 11.0. The molecule has 0 radical (unpaired) electrons. The summed E-state index contributed by atoms with van der Waals surface area (Å²) in [5, 5.41) is 0.673. The molecule has 0 fully saturated rings. The van der Waals surface area contributed by atoms with Crippen LogP contribution in [-0.2, 0) is 11.3 Å². The molecule has 0 spiro atoms. The lowest BCUT2D eigenvalue weighted by Crippen LogP contribution is -2.31. The topological polar surface area (TPSA) is 46.1 Å². The number of benzene rings is 2. The Morgan fingerprint density at radius 3 is 2.67 bits per heavy atom. The maximum atomic E-state index is 13.2. The number of thioether (sulfide) groups is 1. The SMILES string of the molecule is Cc1ccc2sc(N(Cc3cccnc3)C(=O)CSc3ccc(F)cc3)nc2c1C. The Morgan fingerprint density at radius 1 is 1.13 bits per heavy atom. The van der Waals surface area contributed by atoms with Crippen molar-refractivity contribution < 1.29 is 9.18 Å². The number of thiazole rings is 1. The number of aromatic nitrogens is 2. The standard InChI is InChI=1S/C23H20FN3OS2/c1-15-5-10-20-22(16(15)2)26-23(30-20)27(13-17-4-3-11-25-12-17)21(28)14-29-19-8-6-18(24)7-9-19/h3-12H,13-14H2,1-2H3. The minimum absolute atomic E-state index is 0.0541. The van der Waals surface area contributed by atoms with Crippen molar-refractivity contribution in [2.45, 2.75) is 25.3 Å². The summed E-state index contributed by atoms with van der Waals surface area (Å²) in [7, 11) is 0. The van der Waals surface area contributed by atoms with E-state index in [1.807, 2.05) is 12.1 Å². The van der Waals surface area contributed by atoms with E-state index in [1.54, 1.807) is 29.4 Å². The van der Waals surface area contributed by atoms with Crippen molar-refractivity contribution in [3.05, 3.63) is 83.4 Å². The number of hydrogen-bond acceptors (Lipinski definition) is 5.